The maximum absolute atomic E-state index is 13.8. The van der Waals surface area contributed by atoms with Gasteiger partial charge in [0, 0.05) is 24.3 Å². The van der Waals surface area contributed by atoms with E-state index in [1.54, 1.807) is 49.6 Å². The van der Waals surface area contributed by atoms with Crippen LogP contribution in [0.25, 0.3) is 0 Å². The number of nitrogens with zero attached hydrogens (tertiary/aromatic N) is 1. The predicted molar refractivity (Wildman–Crippen MR) is 148 cm³/mol. The summed E-state index contributed by atoms with van der Waals surface area (Å²) in [5.41, 5.74) is 3.41. The minimum absolute atomic E-state index is 0.391. The van der Waals surface area contributed by atoms with Gasteiger partial charge in [-0.1, -0.05) is 55.3 Å². The number of imide groups is 1. The second-order valence-electron chi connectivity index (χ2n) is 9.31. The van der Waals surface area contributed by atoms with E-state index in [2.05, 4.69) is 16.6 Å². The smallest absolute Gasteiger partial charge is 0.325 e. The minimum Gasteiger partial charge on any atom is -0.491 e. The fourth-order valence-corrected chi connectivity index (χ4v) is 4.59. The van der Waals surface area contributed by atoms with Crippen LogP contribution in [0.2, 0.25) is 0 Å². The van der Waals surface area contributed by atoms with Gasteiger partial charge >= 0.3 is 6.03 Å². The molecule has 4 amide bonds. The highest BCUT2D eigenvalue weighted by molar-refractivity contribution is 6.10. The SMILES string of the molecule is C#Cc1ccc(NC(=O)[C@H]([C@@H](C)c2ccccc2)N2C(=O)N[C@H](c3ccc(OCCOC)cc3)C2=O)c(C)c1. The molecule has 3 aromatic rings. The number of nitrogens with one attached hydrogen (secondary N) is 2. The van der Waals surface area contributed by atoms with Crippen molar-refractivity contribution < 1.29 is 23.9 Å². The Kier molecular flexibility index (Phi) is 8.64. The van der Waals surface area contributed by atoms with Crippen molar-refractivity contribution in [1.29, 1.82) is 0 Å². The van der Waals surface area contributed by atoms with Crippen LogP contribution in [-0.4, -0.2) is 49.1 Å². The van der Waals surface area contributed by atoms with E-state index in [1.165, 1.54) is 0 Å². The summed E-state index contributed by atoms with van der Waals surface area (Å²) in [5, 5.41) is 5.66. The van der Waals surface area contributed by atoms with E-state index in [-0.39, 0.29) is 0 Å². The van der Waals surface area contributed by atoms with Crippen LogP contribution in [0.15, 0.2) is 72.8 Å². The molecule has 39 heavy (non-hydrogen) atoms. The number of terminal acetylenes is 1. The molecule has 4 rings (SSSR count). The molecule has 1 aliphatic heterocycles. The molecule has 0 saturated carbocycles. The van der Waals surface area contributed by atoms with Crippen LogP contribution >= 0.6 is 0 Å². The Morgan fingerprint density at radius 3 is 2.44 bits per heavy atom. The normalized spacial score (nSPS) is 16.3. The van der Waals surface area contributed by atoms with Crippen LogP contribution < -0.4 is 15.4 Å². The first kappa shape index (κ1) is 27.4. The summed E-state index contributed by atoms with van der Waals surface area (Å²) < 4.78 is 10.6. The third kappa shape index (κ3) is 6.11. The Morgan fingerprint density at radius 2 is 1.79 bits per heavy atom. The van der Waals surface area contributed by atoms with Crippen molar-refractivity contribution in [2.24, 2.45) is 0 Å². The molecule has 0 spiro atoms. The monoisotopic (exact) mass is 525 g/mol. The number of ether oxygens (including phenoxy) is 2. The lowest BCUT2D eigenvalue weighted by atomic mass is 9.91. The predicted octanol–water partition coefficient (Wildman–Crippen LogP) is 4.41. The Balaban J connectivity index is 1.62. The third-order valence-corrected chi connectivity index (χ3v) is 6.74. The van der Waals surface area contributed by atoms with Gasteiger partial charge in [-0.3, -0.25) is 9.59 Å². The van der Waals surface area contributed by atoms with Crippen molar-refractivity contribution in [3.63, 3.8) is 0 Å². The number of urea groups is 1. The second kappa shape index (κ2) is 12.3. The van der Waals surface area contributed by atoms with Gasteiger partial charge < -0.3 is 20.1 Å². The van der Waals surface area contributed by atoms with Crippen LogP contribution in [0.3, 0.4) is 0 Å². The molecular weight excluding hydrogens is 494 g/mol. The molecule has 1 saturated heterocycles. The summed E-state index contributed by atoms with van der Waals surface area (Å²) in [5.74, 6) is 1.72. The summed E-state index contributed by atoms with van der Waals surface area (Å²) in [4.78, 5) is 41.7. The van der Waals surface area contributed by atoms with Gasteiger partial charge in [0.2, 0.25) is 5.91 Å². The van der Waals surface area contributed by atoms with Crippen LogP contribution in [0.1, 0.15) is 41.1 Å². The molecule has 2 N–H and O–H groups in total. The topological polar surface area (TPSA) is 97.0 Å². The van der Waals surface area contributed by atoms with Crippen LogP contribution in [0.5, 0.6) is 5.75 Å². The number of methoxy groups -OCH3 is 1. The van der Waals surface area contributed by atoms with Crippen molar-refractivity contribution >= 4 is 23.5 Å². The quantitative estimate of drug-likeness (QED) is 0.232. The maximum atomic E-state index is 13.8. The first-order valence-electron chi connectivity index (χ1n) is 12.6. The third-order valence-electron chi connectivity index (χ3n) is 6.74. The summed E-state index contributed by atoms with van der Waals surface area (Å²) >= 11 is 0. The zero-order chi connectivity index (χ0) is 27.9. The van der Waals surface area contributed by atoms with E-state index in [0.717, 1.165) is 16.0 Å². The van der Waals surface area contributed by atoms with Gasteiger partial charge in [-0.15, -0.1) is 6.42 Å². The van der Waals surface area contributed by atoms with Gasteiger partial charge in [-0.2, -0.15) is 0 Å². The molecular formula is C31H31N3O5. The number of carbonyl (C=O) groups is 3. The number of amides is 4. The van der Waals surface area contributed by atoms with E-state index < -0.39 is 35.8 Å². The van der Waals surface area contributed by atoms with Crippen molar-refractivity contribution in [1.82, 2.24) is 10.2 Å². The lowest BCUT2D eigenvalue weighted by molar-refractivity contribution is -0.134. The van der Waals surface area contributed by atoms with E-state index in [9.17, 15) is 14.4 Å². The Bertz CT molecular complexity index is 1380. The molecule has 1 aliphatic rings. The van der Waals surface area contributed by atoms with Crippen LogP contribution in [-0.2, 0) is 14.3 Å². The molecule has 0 aromatic heterocycles. The zero-order valence-electron chi connectivity index (χ0n) is 22.1. The average Bonchev–Trinajstić information content (AvgIpc) is 3.24. The Hall–Kier alpha value is -4.61. The molecule has 8 heteroatoms. The van der Waals surface area contributed by atoms with Gasteiger partial charge in [0.05, 0.1) is 6.61 Å². The number of hydrogen-bond acceptors (Lipinski definition) is 5. The number of hydrogen-bond donors (Lipinski definition) is 2. The summed E-state index contributed by atoms with van der Waals surface area (Å²) in [7, 11) is 1.59. The van der Waals surface area contributed by atoms with Crippen molar-refractivity contribution in [3.05, 3.63) is 95.1 Å². The van der Waals surface area contributed by atoms with Crippen molar-refractivity contribution in [2.45, 2.75) is 31.8 Å². The molecule has 3 atom stereocenters. The fraction of sp³-hybridized carbons (Fsp3) is 0.258. The van der Waals surface area contributed by atoms with Crippen molar-refractivity contribution in [3.8, 4) is 18.1 Å². The number of carbonyl (C=O) groups excluding carboxylic acids is 3. The first-order chi connectivity index (χ1) is 18.8. The molecule has 0 aliphatic carbocycles. The number of aryl methyl sites for hydroxylation is 1. The Labute approximate surface area is 228 Å². The first-order valence-corrected chi connectivity index (χ1v) is 12.6. The highest BCUT2D eigenvalue weighted by Crippen LogP contribution is 2.32. The van der Waals surface area contributed by atoms with Gasteiger partial charge in [0.15, 0.2) is 0 Å². The number of anilines is 1. The minimum atomic E-state index is -1.10. The van der Waals surface area contributed by atoms with Gasteiger partial charge in [-0.05, 0) is 53.9 Å². The van der Waals surface area contributed by atoms with Crippen LogP contribution in [0.4, 0.5) is 10.5 Å². The number of rotatable bonds is 10. The van der Waals surface area contributed by atoms with E-state index in [4.69, 9.17) is 15.9 Å². The van der Waals surface area contributed by atoms with Gasteiger partial charge in [0.1, 0.15) is 24.4 Å². The maximum Gasteiger partial charge on any atom is 0.325 e. The lowest BCUT2D eigenvalue weighted by Crippen LogP contribution is -2.50. The zero-order valence-corrected chi connectivity index (χ0v) is 22.1. The fourth-order valence-electron chi connectivity index (χ4n) is 4.59. The van der Waals surface area contributed by atoms with Crippen LogP contribution in [0, 0.1) is 19.3 Å². The highest BCUT2D eigenvalue weighted by Gasteiger charge is 2.47. The van der Waals surface area contributed by atoms with Crippen molar-refractivity contribution in [2.75, 3.05) is 25.6 Å². The molecule has 0 bridgehead atoms. The molecule has 8 nitrogen and oxygen atoms in total. The van der Waals surface area contributed by atoms with Gasteiger partial charge in [-0.25, -0.2) is 9.69 Å². The average molecular weight is 526 g/mol. The summed E-state index contributed by atoms with van der Waals surface area (Å²) in [6, 6.07) is 18.8. The molecule has 1 fully saturated rings. The Morgan fingerprint density at radius 1 is 1.08 bits per heavy atom. The second-order valence-corrected chi connectivity index (χ2v) is 9.31. The molecule has 3 aromatic carbocycles. The molecule has 1 heterocycles. The number of benzene rings is 3. The van der Waals surface area contributed by atoms with Gasteiger partial charge in [0.25, 0.3) is 5.91 Å². The summed E-state index contributed by atoms with van der Waals surface area (Å²) in [6.07, 6.45) is 5.49. The molecule has 200 valence electrons. The van der Waals surface area contributed by atoms with E-state index in [0.29, 0.717) is 35.8 Å². The lowest BCUT2D eigenvalue weighted by Gasteiger charge is -2.30. The molecule has 0 radical (unpaired) electrons. The largest absolute Gasteiger partial charge is 0.491 e. The van der Waals surface area contributed by atoms with E-state index >= 15 is 0 Å². The standard InChI is InChI=1S/C31H31N3O5/c1-5-22-11-16-26(20(2)19-22)32-29(35)28(21(3)23-9-7-6-8-10-23)34-30(36)27(33-31(34)37)24-12-14-25(15-13-24)39-18-17-38-4/h1,6-16,19,21,27-28H,17-18H2,2-4H3,(H,32,35)(H,33,37)/t21-,27+,28-/m0/s1. The van der Waals surface area contributed by atoms with E-state index in [1.807, 2.05) is 44.2 Å². The molecule has 0 unspecified atom stereocenters. The highest BCUT2D eigenvalue weighted by atomic mass is 16.5. The summed E-state index contributed by atoms with van der Waals surface area (Å²) in [6.45, 7) is 4.50.